The number of anilines is 1. The second-order valence-corrected chi connectivity index (χ2v) is 4.85. The number of hydrogen-bond acceptors (Lipinski definition) is 2. The summed E-state index contributed by atoms with van der Waals surface area (Å²) in [6.07, 6.45) is -3.40. The summed E-state index contributed by atoms with van der Waals surface area (Å²) in [6, 6.07) is 4.15. The number of nitrogens with zero attached hydrogens (tertiary/aromatic N) is 1. The van der Waals surface area contributed by atoms with Crippen molar-refractivity contribution in [3.8, 4) is 0 Å². The smallest absolute Gasteiger partial charge is 0.385 e. The average Bonchev–Trinajstić information content (AvgIpc) is 2.34. The third-order valence-corrected chi connectivity index (χ3v) is 2.94. The lowest BCUT2D eigenvalue weighted by Crippen LogP contribution is -2.22. The van der Waals surface area contributed by atoms with Crippen molar-refractivity contribution in [3.63, 3.8) is 0 Å². The predicted octanol–water partition coefficient (Wildman–Crippen LogP) is 3.29. The molecule has 1 amide bonds. The van der Waals surface area contributed by atoms with Crippen LogP contribution in [-0.2, 0) is 11.0 Å². The lowest BCUT2D eigenvalue weighted by molar-refractivity contribution is -0.138. The quantitative estimate of drug-likeness (QED) is 0.843. The van der Waals surface area contributed by atoms with Gasteiger partial charge in [-0.05, 0) is 31.0 Å². The van der Waals surface area contributed by atoms with E-state index in [2.05, 4.69) is 5.32 Å². The Morgan fingerprint density at radius 2 is 1.95 bits per heavy atom. The van der Waals surface area contributed by atoms with Crippen LogP contribution in [0.3, 0.4) is 0 Å². The molecule has 20 heavy (non-hydrogen) atoms. The summed E-state index contributed by atoms with van der Waals surface area (Å²) in [7, 11) is 3.34. The molecule has 1 aromatic carbocycles. The molecule has 0 bridgehead atoms. The first-order valence-electron chi connectivity index (χ1n) is 6.33. The zero-order valence-electron chi connectivity index (χ0n) is 11.8. The van der Waals surface area contributed by atoms with Gasteiger partial charge in [-0.1, -0.05) is 6.07 Å². The molecule has 0 fully saturated rings. The molecule has 0 radical (unpaired) electrons. The first kappa shape index (κ1) is 16.3. The third kappa shape index (κ3) is 4.75. The van der Waals surface area contributed by atoms with Crippen molar-refractivity contribution in [2.45, 2.75) is 25.9 Å². The van der Waals surface area contributed by atoms with Gasteiger partial charge in [0.2, 0.25) is 5.91 Å². The summed E-state index contributed by atoms with van der Waals surface area (Å²) >= 11 is 0. The number of carbonyl (C=O) groups excluding carboxylic acids is 1. The number of aryl methyl sites for hydroxylation is 1. The first-order chi connectivity index (χ1) is 9.21. The maximum atomic E-state index is 12.7. The maximum Gasteiger partial charge on any atom is 0.416 e. The van der Waals surface area contributed by atoms with Crippen LogP contribution < -0.4 is 5.32 Å². The highest BCUT2D eigenvalue weighted by molar-refractivity contribution is 5.75. The summed E-state index contributed by atoms with van der Waals surface area (Å²) in [6.45, 7) is 1.89. The molecule has 1 N–H and O–H groups in total. The second kappa shape index (κ2) is 6.63. The fourth-order valence-electron chi connectivity index (χ4n) is 1.73. The predicted molar refractivity (Wildman–Crippen MR) is 72.6 cm³/mol. The van der Waals surface area contributed by atoms with Crippen LogP contribution in [0, 0.1) is 6.92 Å². The fraction of sp³-hybridized carbons (Fsp3) is 0.500. The molecule has 0 saturated carbocycles. The summed E-state index contributed by atoms with van der Waals surface area (Å²) in [5.74, 6) is 0.00619. The summed E-state index contributed by atoms with van der Waals surface area (Å²) < 4.78 is 38.2. The van der Waals surface area contributed by atoms with Crippen LogP contribution in [0.1, 0.15) is 24.0 Å². The van der Waals surface area contributed by atoms with E-state index < -0.39 is 11.7 Å². The monoisotopic (exact) mass is 288 g/mol. The zero-order valence-corrected chi connectivity index (χ0v) is 11.8. The number of halogens is 3. The van der Waals surface area contributed by atoms with Gasteiger partial charge in [0.25, 0.3) is 0 Å². The van der Waals surface area contributed by atoms with Gasteiger partial charge in [0, 0.05) is 32.7 Å². The van der Waals surface area contributed by atoms with Crippen LogP contribution in [0.2, 0.25) is 0 Å². The maximum absolute atomic E-state index is 12.7. The number of hydrogen-bond donors (Lipinski definition) is 1. The molecule has 0 aliphatic heterocycles. The van der Waals surface area contributed by atoms with Crippen LogP contribution in [0.5, 0.6) is 0 Å². The Kier molecular flexibility index (Phi) is 5.42. The van der Waals surface area contributed by atoms with Crippen molar-refractivity contribution in [1.29, 1.82) is 0 Å². The van der Waals surface area contributed by atoms with Gasteiger partial charge in [0.15, 0.2) is 0 Å². The van der Waals surface area contributed by atoms with Crippen LogP contribution in [0.15, 0.2) is 18.2 Å². The Morgan fingerprint density at radius 1 is 1.30 bits per heavy atom. The molecular weight excluding hydrogens is 269 g/mol. The number of amides is 1. The van der Waals surface area contributed by atoms with E-state index in [0.717, 1.165) is 6.07 Å². The molecule has 0 spiro atoms. The van der Waals surface area contributed by atoms with E-state index in [1.165, 1.54) is 17.9 Å². The highest BCUT2D eigenvalue weighted by Crippen LogP contribution is 2.33. The van der Waals surface area contributed by atoms with Gasteiger partial charge < -0.3 is 10.2 Å². The van der Waals surface area contributed by atoms with Crippen LogP contribution in [0.25, 0.3) is 0 Å². The number of rotatable bonds is 5. The van der Waals surface area contributed by atoms with E-state index in [1.54, 1.807) is 20.2 Å². The number of alkyl halides is 3. The minimum atomic E-state index is -4.34. The van der Waals surface area contributed by atoms with Gasteiger partial charge in [-0.15, -0.1) is 0 Å². The molecule has 0 heterocycles. The molecule has 0 aliphatic rings. The van der Waals surface area contributed by atoms with Crippen molar-refractivity contribution in [3.05, 3.63) is 29.3 Å². The fourth-order valence-corrected chi connectivity index (χ4v) is 1.73. The molecule has 1 rings (SSSR count). The second-order valence-electron chi connectivity index (χ2n) is 4.85. The average molecular weight is 288 g/mol. The lowest BCUT2D eigenvalue weighted by atomic mass is 10.1. The molecule has 0 atom stereocenters. The Labute approximate surface area is 116 Å². The van der Waals surface area contributed by atoms with Gasteiger partial charge in [0.05, 0.1) is 5.56 Å². The van der Waals surface area contributed by atoms with Gasteiger partial charge in [0.1, 0.15) is 0 Å². The summed E-state index contributed by atoms with van der Waals surface area (Å²) in [5.41, 5.74) is -0.0158. The van der Waals surface area contributed by atoms with Crippen molar-refractivity contribution >= 4 is 11.6 Å². The topological polar surface area (TPSA) is 32.3 Å². The van der Waals surface area contributed by atoms with Crippen molar-refractivity contribution < 1.29 is 18.0 Å². The Hall–Kier alpha value is -1.72. The van der Waals surface area contributed by atoms with Gasteiger partial charge in [-0.3, -0.25) is 4.79 Å². The van der Waals surface area contributed by atoms with Crippen molar-refractivity contribution in [1.82, 2.24) is 4.90 Å². The van der Waals surface area contributed by atoms with E-state index in [9.17, 15) is 18.0 Å². The Balaban J connectivity index is 2.55. The molecule has 112 valence electrons. The van der Waals surface area contributed by atoms with Crippen molar-refractivity contribution in [2.75, 3.05) is 26.0 Å². The molecule has 3 nitrogen and oxygen atoms in total. The minimum absolute atomic E-state index is 0.00619. The molecule has 0 aliphatic carbocycles. The highest BCUT2D eigenvalue weighted by Gasteiger charge is 2.32. The summed E-state index contributed by atoms with van der Waals surface area (Å²) in [5, 5.41) is 2.91. The van der Waals surface area contributed by atoms with Crippen LogP contribution in [-0.4, -0.2) is 31.4 Å². The van der Waals surface area contributed by atoms with Gasteiger partial charge >= 0.3 is 6.18 Å². The normalized spacial score (nSPS) is 11.3. The molecular formula is C14H19F3N2O. The Morgan fingerprint density at radius 3 is 2.50 bits per heavy atom. The van der Waals surface area contributed by atoms with Crippen LogP contribution >= 0.6 is 0 Å². The molecule has 6 heteroatoms. The molecule has 1 aromatic rings. The van der Waals surface area contributed by atoms with Crippen molar-refractivity contribution in [2.24, 2.45) is 0 Å². The lowest BCUT2D eigenvalue weighted by Gasteiger charge is -2.14. The summed E-state index contributed by atoms with van der Waals surface area (Å²) in [4.78, 5) is 12.8. The Bertz CT molecular complexity index is 470. The van der Waals surface area contributed by atoms with E-state index >= 15 is 0 Å². The van der Waals surface area contributed by atoms with E-state index in [4.69, 9.17) is 0 Å². The van der Waals surface area contributed by atoms with Gasteiger partial charge in [-0.25, -0.2) is 0 Å². The van der Waals surface area contributed by atoms with E-state index in [-0.39, 0.29) is 11.5 Å². The van der Waals surface area contributed by atoms with Gasteiger partial charge in [-0.2, -0.15) is 13.2 Å². The highest BCUT2D eigenvalue weighted by atomic mass is 19.4. The van der Waals surface area contributed by atoms with Crippen LogP contribution in [0.4, 0.5) is 18.9 Å². The first-order valence-corrected chi connectivity index (χ1v) is 6.33. The largest absolute Gasteiger partial charge is 0.416 e. The standard InChI is InChI=1S/C14H19F3N2O/c1-10-6-7-11(9-12(10)14(15,16)17)18-8-4-5-13(20)19(2)3/h6-7,9,18H,4-5,8H2,1-3H3. The number of carbonyl (C=O) groups is 1. The third-order valence-electron chi connectivity index (χ3n) is 2.94. The van der Waals surface area contributed by atoms with E-state index in [1.807, 2.05) is 0 Å². The number of benzene rings is 1. The molecule has 0 saturated heterocycles. The zero-order chi connectivity index (χ0) is 15.3. The SMILES string of the molecule is Cc1ccc(NCCCC(=O)N(C)C)cc1C(F)(F)F. The molecule has 0 aromatic heterocycles. The molecule has 0 unspecified atom stereocenters. The minimum Gasteiger partial charge on any atom is -0.385 e. The number of nitrogens with one attached hydrogen (secondary N) is 1. The van der Waals surface area contributed by atoms with E-state index in [0.29, 0.717) is 25.1 Å².